The van der Waals surface area contributed by atoms with Gasteiger partial charge in [0, 0.05) is 32.9 Å². The van der Waals surface area contributed by atoms with E-state index >= 15 is 0 Å². The van der Waals surface area contributed by atoms with Crippen molar-refractivity contribution >= 4 is 21.9 Å². The van der Waals surface area contributed by atoms with Crippen LogP contribution in [0.2, 0.25) is 0 Å². The molecule has 4 heteroatoms. The van der Waals surface area contributed by atoms with E-state index in [-0.39, 0.29) is 5.41 Å². The predicted octanol–water partition coefficient (Wildman–Crippen LogP) is 15.7. The summed E-state index contributed by atoms with van der Waals surface area (Å²) >= 11 is 0. The number of aromatic nitrogens is 3. The van der Waals surface area contributed by atoms with Crippen molar-refractivity contribution in [1.29, 1.82) is 0 Å². The molecule has 0 atom stereocenters. The lowest BCUT2D eigenvalue weighted by Gasteiger charge is -2.21. The third-order valence-electron chi connectivity index (χ3n) is 13.0. The van der Waals surface area contributed by atoms with E-state index in [0.29, 0.717) is 17.5 Å². The van der Waals surface area contributed by atoms with Gasteiger partial charge in [-0.15, -0.1) is 0 Å². The molecule has 0 aliphatic heterocycles. The van der Waals surface area contributed by atoms with Crippen LogP contribution >= 0.6 is 0 Å². The lowest BCUT2D eigenvalue weighted by Crippen LogP contribution is -2.14. The number of nitrogens with zero attached hydrogens (tertiary/aromatic N) is 3. The fourth-order valence-corrected chi connectivity index (χ4v) is 9.73. The number of benzene rings is 9. The minimum Gasteiger partial charge on any atom is -0.456 e. The zero-order valence-electron chi connectivity index (χ0n) is 35.5. The van der Waals surface area contributed by atoms with Gasteiger partial charge in [0.05, 0.1) is 0 Å². The number of hydrogen-bond acceptors (Lipinski definition) is 4. The van der Waals surface area contributed by atoms with E-state index in [1.807, 2.05) is 24.3 Å². The molecular formula is C60H41N3O. The Labute approximate surface area is 372 Å². The van der Waals surface area contributed by atoms with Crippen molar-refractivity contribution in [2.24, 2.45) is 0 Å². The van der Waals surface area contributed by atoms with Crippen LogP contribution in [0.15, 0.2) is 217 Å². The Morgan fingerprint density at radius 1 is 0.328 bits per heavy atom. The zero-order valence-corrected chi connectivity index (χ0v) is 35.5. The minimum absolute atomic E-state index is 0.0836. The van der Waals surface area contributed by atoms with Crippen LogP contribution in [-0.2, 0) is 5.41 Å². The number of fused-ring (bicyclic) bond motifs is 6. The maximum atomic E-state index is 6.57. The molecule has 4 nitrogen and oxygen atoms in total. The molecule has 2 aromatic heterocycles. The maximum Gasteiger partial charge on any atom is 0.164 e. The lowest BCUT2D eigenvalue weighted by atomic mass is 9.82. The Morgan fingerprint density at radius 2 is 0.812 bits per heavy atom. The summed E-state index contributed by atoms with van der Waals surface area (Å²) in [6, 6.07) is 74.9. The van der Waals surface area contributed by atoms with E-state index in [9.17, 15) is 0 Å². The molecule has 11 aromatic rings. The third kappa shape index (κ3) is 6.34. The molecule has 0 saturated heterocycles. The van der Waals surface area contributed by atoms with E-state index in [2.05, 4.69) is 202 Å². The van der Waals surface area contributed by atoms with Gasteiger partial charge in [0.15, 0.2) is 17.5 Å². The molecule has 0 bridgehead atoms. The Balaban J connectivity index is 0.922. The molecule has 0 N–H and O–H groups in total. The van der Waals surface area contributed by atoms with Gasteiger partial charge in [-0.25, -0.2) is 15.0 Å². The summed E-state index contributed by atoms with van der Waals surface area (Å²) in [5.74, 6) is 1.86. The van der Waals surface area contributed by atoms with Gasteiger partial charge in [-0.2, -0.15) is 0 Å². The van der Waals surface area contributed by atoms with Crippen LogP contribution in [0.4, 0.5) is 0 Å². The first kappa shape index (κ1) is 37.5. The van der Waals surface area contributed by atoms with Crippen molar-refractivity contribution in [3.05, 3.63) is 223 Å². The molecule has 0 radical (unpaired) electrons. The molecule has 0 saturated carbocycles. The summed E-state index contributed by atoms with van der Waals surface area (Å²) < 4.78 is 6.57. The van der Waals surface area contributed by atoms with Gasteiger partial charge in [0.25, 0.3) is 0 Å². The van der Waals surface area contributed by atoms with Gasteiger partial charge in [-0.05, 0) is 97.1 Å². The topological polar surface area (TPSA) is 51.8 Å². The zero-order chi connectivity index (χ0) is 42.8. The SMILES string of the molecule is CC1(C)c2ccccc2-c2c(-c3cccc(-c4nc(-c5ccccc5)nc(-c5cccc(-c6ccc7c(c6)oc6cccc(-c8ccc(-c9ccccc9)cc8)c67)c5)n4)c3)cccc21. The highest BCUT2D eigenvalue weighted by Crippen LogP contribution is 2.52. The van der Waals surface area contributed by atoms with Crippen LogP contribution in [0.5, 0.6) is 0 Å². The van der Waals surface area contributed by atoms with Crippen molar-refractivity contribution in [2.75, 3.05) is 0 Å². The van der Waals surface area contributed by atoms with Crippen molar-refractivity contribution in [3.63, 3.8) is 0 Å². The standard InChI is InChI=1S/C60H41N3O/c1-60(2)51-26-10-9-23-49(51)55-48(24-13-27-52(55)60)44-20-12-22-46(36-44)59-62-57(41-17-7-4-8-18-41)61-58(63-59)45-21-11-19-42(35-45)43-33-34-50-54(37-43)64-53-28-14-25-47(56(50)53)40-31-29-39(30-32-40)38-15-5-3-6-16-38/h3-37H,1-2H3. The molecule has 0 spiro atoms. The summed E-state index contributed by atoms with van der Waals surface area (Å²) in [5, 5.41) is 2.20. The average molecular weight is 820 g/mol. The van der Waals surface area contributed by atoms with E-state index < -0.39 is 0 Å². The summed E-state index contributed by atoms with van der Waals surface area (Å²) in [5.41, 5.74) is 18.8. The fraction of sp³-hybridized carbons (Fsp3) is 0.0500. The molecule has 1 aliphatic carbocycles. The van der Waals surface area contributed by atoms with Crippen molar-refractivity contribution in [1.82, 2.24) is 15.0 Å². The highest BCUT2D eigenvalue weighted by Gasteiger charge is 2.36. The highest BCUT2D eigenvalue weighted by atomic mass is 16.3. The molecule has 2 heterocycles. The van der Waals surface area contributed by atoms with Crippen LogP contribution in [0.1, 0.15) is 25.0 Å². The first-order valence-electron chi connectivity index (χ1n) is 21.8. The minimum atomic E-state index is -0.0836. The van der Waals surface area contributed by atoms with Gasteiger partial charge < -0.3 is 4.42 Å². The quantitative estimate of drug-likeness (QED) is 0.161. The summed E-state index contributed by atoms with van der Waals surface area (Å²) in [7, 11) is 0. The molecule has 0 fully saturated rings. The summed E-state index contributed by atoms with van der Waals surface area (Å²) in [4.78, 5) is 15.4. The fourth-order valence-electron chi connectivity index (χ4n) is 9.73. The monoisotopic (exact) mass is 819 g/mol. The number of hydrogen-bond donors (Lipinski definition) is 0. The van der Waals surface area contributed by atoms with E-state index in [0.717, 1.165) is 66.4 Å². The number of furan rings is 1. The Kier molecular flexibility index (Phi) is 8.80. The molecule has 302 valence electrons. The lowest BCUT2D eigenvalue weighted by molar-refractivity contribution is 0.660. The second-order valence-electron chi connectivity index (χ2n) is 17.2. The van der Waals surface area contributed by atoms with Gasteiger partial charge in [-0.1, -0.05) is 196 Å². The van der Waals surface area contributed by atoms with E-state index in [1.54, 1.807) is 0 Å². The molecule has 0 unspecified atom stereocenters. The van der Waals surface area contributed by atoms with E-state index in [4.69, 9.17) is 19.4 Å². The smallest absolute Gasteiger partial charge is 0.164 e. The molecular weight excluding hydrogens is 779 g/mol. The van der Waals surface area contributed by atoms with Crippen molar-refractivity contribution in [2.45, 2.75) is 19.3 Å². The highest BCUT2D eigenvalue weighted by molar-refractivity contribution is 6.13. The molecule has 64 heavy (non-hydrogen) atoms. The van der Waals surface area contributed by atoms with Crippen LogP contribution in [0.25, 0.3) is 112 Å². The number of rotatable bonds is 7. The second kappa shape index (κ2) is 15.0. The second-order valence-corrected chi connectivity index (χ2v) is 17.2. The normalized spacial score (nSPS) is 12.7. The van der Waals surface area contributed by atoms with Gasteiger partial charge in [-0.3, -0.25) is 0 Å². The van der Waals surface area contributed by atoms with Crippen LogP contribution < -0.4 is 0 Å². The molecule has 9 aromatic carbocycles. The Morgan fingerprint density at radius 3 is 1.56 bits per heavy atom. The Bertz CT molecular complexity index is 3570. The van der Waals surface area contributed by atoms with Crippen molar-refractivity contribution < 1.29 is 4.42 Å². The van der Waals surface area contributed by atoms with E-state index in [1.165, 1.54) is 38.9 Å². The maximum absolute atomic E-state index is 6.57. The van der Waals surface area contributed by atoms with Gasteiger partial charge in [0.1, 0.15) is 11.2 Å². The third-order valence-corrected chi connectivity index (χ3v) is 13.0. The Hall–Kier alpha value is -8.21. The average Bonchev–Trinajstić information content (AvgIpc) is 3.86. The molecule has 1 aliphatic rings. The molecule has 12 rings (SSSR count). The summed E-state index contributed by atoms with van der Waals surface area (Å²) in [6.07, 6.45) is 0. The molecule has 0 amide bonds. The van der Waals surface area contributed by atoms with Gasteiger partial charge in [0.2, 0.25) is 0 Å². The van der Waals surface area contributed by atoms with Crippen molar-refractivity contribution in [3.8, 4) is 89.8 Å². The largest absolute Gasteiger partial charge is 0.456 e. The van der Waals surface area contributed by atoms with Gasteiger partial charge >= 0.3 is 0 Å². The first-order chi connectivity index (χ1) is 31.5. The van der Waals surface area contributed by atoms with Crippen LogP contribution in [0.3, 0.4) is 0 Å². The van der Waals surface area contributed by atoms with Crippen LogP contribution in [-0.4, -0.2) is 15.0 Å². The summed E-state index contributed by atoms with van der Waals surface area (Å²) in [6.45, 7) is 4.65. The van der Waals surface area contributed by atoms with Crippen LogP contribution in [0, 0.1) is 0 Å². The predicted molar refractivity (Wildman–Crippen MR) is 263 cm³/mol. The first-order valence-corrected chi connectivity index (χ1v) is 21.8.